The first-order chi connectivity index (χ1) is 17.1. The Bertz CT molecular complexity index is 1190. The summed E-state index contributed by atoms with van der Waals surface area (Å²) in [4.78, 5) is 4.93. The summed E-state index contributed by atoms with van der Waals surface area (Å²) in [6.07, 6.45) is 4.14. The Balaban J connectivity index is 1.22. The van der Waals surface area contributed by atoms with Crippen molar-refractivity contribution in [1.29, 1.82) is 5.26 Å². The molecule has 0 bridgehead atoms. The van der Waals surface area contributed by atoms with E-state index in [1.54, 1.807) is 0 Å². The van der Waals surface area contributed by atoms with Crippen molar-refractivity contribution >= 4 is 23.0 Å². The lowest BCUT2D eigenvalue weighted by Crippen LogP contribution is -2.49. The normalized spacial score (nSPS) is 17.3. The van der Waals surface area contributed by atoms with Crippen LogP contribution in [0.2, 0.25) is 5.02 Å². The number of nitriles is 1. The molecule has 0 saturated carbocycles. The van der Waals surface area contributed by atoms with Crippen molar-refractivity contribution in [2.24, 2.45) is 0 Å². The van der Waals surface area contributed by atoms with E-state index in [4.69, 9.17) is 16.3 Å². The van der Waals surface area contributed by atoms with Gasteiger partial charge in [-0.25, -0.2) is 4.68 Å². The summed E-state index contributed by atoms with van der Waals surface area (Å²) in [5.74, 6) is 0. The van der Waals surface area contributed by atoms with Crippen LogP contribution in [0.15, 0.2) is 48.7 Å². The number of halogens is 1. The second kappa shape index (κ2) is 10.7. The van der Waals surface area contributed by atoms with E-state index < -0.39 is 0 Å². The number of piperidine rings is 1. The fourth-order valence-electron chi connectivity index (χ4n) is 5.08. The molecule has 2 aliphatic heterocycles. The monoisotopic (exact) mass is 490 g/mol. The molecule has 3 aromatic rings. The Labute approximate surface area is 211 Å². The van der Waals surface area contributed by atoms with Gasteiger partial charge in [0.25, 0.3) is 0 Å². The van der Waals surface area contributed by atoms with Crippen molar-refractivity contribution < 1.29 is 4.74 Å². The molecule has 182 valence electrons. The number of hydrogen-bond donors (Lipinski definition) is 1. The number of benzene rings is 2. The molecule has 2 saturated heterocycles. The minimum Gasteiger partial charge on any atom is -0.381 e. The molecule has 0 amide bonds. The third-order valence-electron chi connectivity index (χ3n) is 7.15. The molecular formula is C27H31ClN6O. The van der Waals surface area contributed by atoms with E-state index in [-0.39, 0.29) is 0 Å². The molecule has 0 atom stereocenters. The smallest absolute Gasteiger partial charge is 0.101 e. The van der Waals surface area contributed by atoms with Crippen LogP contribution in [0.5, 0.6) is 0 Å². The lowest BCUT2D eigenvalue weighted by Gasteiger charge is -2.41. The quantitative estimate of drug-likeness (QED) is 0.543. The molecule has 2 aliphatic rings. The summed E-state index contributed by atoms with van der Waals surface area (Å²) in [5, 5.41) is 18.6. The molecule has 5 rings (SSSR count). The van der Waals surface area contributed by atoms with Crippen molar-refractivity contribution in [2.75, 3.05) is 49.6 Å². The predicted molar refractivity (Wildman–Crippen MR) is 139 cm³/mol. The van der Waals surface area contributed by atoms with Crippen molar-refractivity contribution in [2.45, 2.75) is 32.4 Å². The number of anilines is 2. The second-order valence-electron chi connectivity index (χ2n) is 9.21. The fraction of sp³-hybridized carbons (Fsp3) is 0.407. The molecule has 0 aliphatic carbocycles. The summed E-state index contributed by atoms with van der Waals surface area (Å²) in [5.41, 5.74) is 5.84. The third-order valence-corrected chi connectivity index (χ3v) is 7.40. The average molecular weight is 491 g/mol. The van der Waals surface area contributed by atoms with E-state index in [0.29, 0.717) is 23.2 Å². The van der Waals surface area contributed by atoms with Gasteiger partial charge in [-0.15, -0.1) is 0 Å². The van der Waals surface area contributed by atoms with Crippen LogP contribution in [0.3, 0.4) is 0 Å². The van der Waals surface area contributed by atoms with Gasteiger partial charge < -0.3 is 15.0 Å². The lowest BCUT2D eigenvalue weighted by molar-refractivity contribution is 0.0115. The van der Waals surface area contributed by atoms with Crippen LogP contribution in [0.1, 0.15) is 29.7 Å². The first kappa shape index (κ1) is 23.7. The highest BCUT2D eigenvalue weighted by Gasteiger charge is 2.26. The Hall–Kier alpha value is -3.05. The summed E-state index contributed by atoms with van der Waals surface area (Å²) in [7, 11) is 0. The number of morpholine rings is 1. The van der Waals surface area contributed by atoms with Gasteiger partial charge in [0, 0.05) is 60.7 Å². The molecule has 3 heterocycles. The molecular weight excluding hydrogens is 460 g/mol. The highest BCUT2D eigenvalue weighted by Crippen LogP contribution is 2.28. The Morgan fingerprint density at radius 3 is 2.54 bits per heavy atom. The Morgan fingerprint density at radius 1 is 1.09 bits per heavy atom. The molecule has 35 heavy (non-hydrogen) atoms. The van der Waals surface area contributed by atoms with Crippen LogP contribution in [0, 0.1) is 18.3 Å². The largest absolute Gasteiger partial charge is 0.381 e. The van der Waals surface area contributed by atoms with Gasteiger partial charge >= 0.3 is 0 Å². The average Bonchev–Trinajstić information content (AvgIpc) is 3.28. The van der Waals surface area contributed by atoms with Crippen molar-refractivity contribution in [3.05, 3.63) is 70.5 Å². The van der Waals surface area contributed by atoms with Gasteiger partial charge in [-0.05, 0) is 62.2 Å². The van der Waals surface area contributed by atoms with Gasteiger partial charge in [0.15, 0.2) is 0 Å². The van der Waals surface area contributed by atoms with Crippen molar-refractivity contribution in [3.8, 4) is 11.8 Å². The maximum Gasteiger partial charge on any atom is 0.101 e. The van der Waals surface area contributed by atoms with Crippen LogP contribution in [-0.2, 0) is 11.3 Å². The molecule has 7 nitrogen and oxygen atoms in total. The maximum absolute atomic E-state index is 9.86. The summed E-state index contributed by atoms with van der Waals surface area (Å²) in [6, 6.07) is 16.8. The standard InChI is InChI=1S/C27H31ClN6O/c1-20-22(19-31-34(20)26-5-2-23(28)3-6-26)18-30-24-4-7-27(21(16-24)17-29)33-10-8-25(9-11-33)32-12-14-35-15-13-32/h2-7,16,19,25,30H,8-15,18H2,1H3. The van der Waals surface area contributed by atoms with E-state index in [0.717, 1.165) is 80.6 Å². The van der Waals surface area contributed by atoms with Gasteiger partial charge in [-0.3, -0.25) is 4.90 Å². The molecule has 0 unspecified atom stereocenters. The zero-order chi connectivity index (χ0) is 24.2. The minimum absolute atomic E-state index is 0.624. The highest BCUT2D eigenvalue weighted by molar-refractivity contribution is 6.30. The zero-order valence-electron chi connectivity index (χ0n) is 20.1. The number of ether oxygens (including phenoxy) is 1. The summed E-state index contributed by atoms with van der Waals surface area (Å²) < 4.78 is 7.41. The molecule has 0 radical (unpaired) electrons. The minimum atomic E-state index is 0.624. The summed E-state index contributed by atoms with van der Waals surface area (Å²) in [6.45, 7) is 8.40. The van der Waals surface area contributed by atoms with Crippen molar-refractivity contribution in [3.63, 3.8) is 0 Å². The molecule has 0 spiro atoms. The van der Waals surface area contributed by atoms with E-state index in [1.807, 2.05) is 41.2 Å². The van der Waals surface area contributed by atoms with Gasteiger partial charge in [0.05, 0.1) is 36.3 Å². The molecule has 1 aromatic heterocycles. The van der Waals surface area contributed by atoms with Crippen molar-refractivity contribution in [1.82, 2.24) is 14.7 Å². The number of nitrogens with one attached hydrogen (secondary N) is 1. The third kappa shape index (κ3) is 5.30. The topological polar surface area (TPSA) is 69.3 Å². The first-order valence-electron chi connectivity index (χ1n) is 12.3. The molecule has 8 heteroatoms. The van der Waals surface area contributed by atoms with E-state index >= 15 is 0 Å². The SMILES string of the molecule is Cc1c(CNc2ccc(N3CCC(N4CCOCC4)CC3)c(C#N)c2)cnn1-c1ccc(Cl)cc1. The Kier molecular flexibility index (Phi) is 7.24. The Morgan fingerprint density at radius 2 is 1.83 bits per heavy atom. The van der Waals surface area contributed by atoms with Gasteiger partial charge in [0.2, 0.25) is 0 Å². The van der Waals surface area contributed by atoms with Crippen LogP contribution in [0.25, 0.3) is 5.69 Å². The molecule has 1 N–H and O–H groups in total. The maximum atomic E-state index is 9.86. The fourth-order valence-corrected chi connectivity index (χ4v) is 5.21. The van der Waals surface area contributed by atoms with Gasteiger partial charge in [-0.1, -0.05) is 11.6 Å². The van der Waals surface area contributed by atoms with Crippen LogP contribution in [0.4, 0.5) is 11.4 Å². The molecule has 2 fully saturated rings. The van der Waals surface area contributed by atoms with Crippen LogP contribution < -0.4 is 10.2 Å². The van der Waals surface area contributed by atoms with E-state index in [1.165, 1.54) is 0 Å². The predicted octanol–water partition coefficient (Wildman–Crippen LogP) is 4.62. The molecule has 2 aromatic carbocycles. The lowest BCUT2D eigenvalue weighted by atomic mass is 10.0. The van der Waals surface area contributed by atoms with Gasteiger partial charge in [0.1, 0.15) is 6.07 Å². The highest BCUT2D eigenvalue weighted by atomic mass is 35.5. The number of nitrogens with zero attached hydrogens (tertiary/aromatic N) is 5. The number of rotatable bonds is 6. The first-order valence-corrected chi connectivity index (χ1v) is 12.6. The van der Waals surface area contributed by atoms with Gasteiger partial charge in [-0.2, -0.15) is 10.4 Å². The number of aromatic nitrogens is 2. The van der Waals surface area contributed by atoms with E-state index in [9.17, 15) is 5.26 Å². The van der Waals surface area contributed by atoms with Crippen LogP contribution >= 0.6 is 11.6 Å². The van der Waals surface area contributed by atoms with E-state index in [2.05, 4.69) is 45.3 Å². The number of hydrogen-bond acceptors (Lipinski definition) is 6. The zero-order valence-corrected chi connectivity index (χ0v) is 20.8. The van der Waals surface area contributed by atoms with Crippen LogP contribution in [-0.4, -0.2) is 60.1 Å². The summed E-state index contributed by atoms with van der Waals surface area (Å²) >= 11 is 6.01. The second-order valence-corrected chi connectivity index (χ2v) is 9.64.